The number of ether oxygens (including phenoxy) is 1. The molecule has 1 aromatic rings. The second kappa shape index (κ2) is 9.16. The number of aliphatic carboxylic acids is 1. The Balaban J connectivity index is 2.18. The van der Waals surface area contributed by atoms with Crippen molar-refractivity contribution in [2.24, 2.45) is 5.92 Å². The zero-order chi connectivity index (χ0) is 17.0. The van der Waals surface area contributed by atoms with Gasteiger partial charge in [-0.2, -0.15) is 0 Å². The number of carbonyl (C=O) groups is 2. The van der Waals surface area contributed by atoms with E-state index in [4.69, 9.17) is 9.84 Å². The lowest BCUT2D eigenvalue weighted by Gasteiger charge is -2.29. The molecule has 1 aromatic carbocycles. The summed E-state index contributed by atoms with van der Waals surface area (Å²) in [5.41, 5.74) is 0.521. The summed E-state index contributed by atoms with van der Waals surface area (Å²) >= 11 is 6.50. The van der Waals surface area contributed by atoms with Gasteiger partial charge in [0.1, 0.15) is 6.10 Å². The Morgan fingerprint density at radius 2 is 1.83 bits per heavy atom. The number of esters is 1. The van der Waals surface area contributed by atoms with Crippen molar-refractivity contribution in [3.05, 3.63) is 28.4 Å². The molecule has 4 nitrogen and oxygen atoms in total. The summed E-state index contributed by atoms with van der Waals surface area (Å²) in [7, 11) is 0. The van der Waals surface area contributed by atoms with Gasteiger partial charge < -0.3 is 9.84 Å². The van der Waals surface area contributed by atoms with Crippen molar-refractivity contribution < 1.29 is 19.4 Å². The van der Waals surface area contributed by atoms with Crippen LogP contribution in [0.3, 0.4) is 0 Å². The van der Waals surface area contributed by atoms with E-state index in [9.17, 15) is 9.59 Å². The summed E-state index contributed by atoms with van der Waals surface area (Å²) in [6.45, 7) is 0. The van der Waals surface area contributed by atoms with Crippen LogP contribution in [0.2, 0.25) is 0 Å². The molecule has 1 unspecified atom stereocenters. The van der Waals surface area contributed by atoms with Crippen molar-refractivity contribution in [2.75, 3.05) is 0 Å². The third kappa shape index (κ3) is 5.68. The highest BCUT2D eigenvalue weighted by atomic mass is 127. The summed E-state index contributed by atoms with van der Waals surface area (Å²) in [5, 5.41) is 9.15. The predicted molar refractivity (Wildman–Crippen MR) is 113 cm³/mol. The molecule has 0 spiro atoms. The van der Waals surface area contributed by atoms with Crippen molar-refractivity contribution in [1.82, 2.24) is 0 Å². The van der Waals surface area contributed by atoms with E-state index in [0.717, 1.165) is 36.4 Å². The van der Waals surface area contributed by atoms with Crippen LogP contribution in [0.1, 0.15) is 48.9 Å². The van der Waals surface area contributed by atoms with Gasteiger partial charge in [0.2, 0.25) is 0 Å². The lowest BCUT2D eigenvalue weighted by atomic mass is 9.84. The SMILES string of the molecule is O=C(O)CC(OC(=O)c1cc(I)cc(I)c1I)C1CCCCC1. The summed E-state index contributed by atoms with van der Waals surface area (Å²) in [6, 6.07) is 3.79. The topological polar surface area (TPSA) is 63.6 Å². The monoisotopic (exact) mass is 654 g/mol. The van der Waals surface area contributed by atoms with E-state index in [1.165, 1.54) is 6.42 Å². The van der Waals surface area contributed by atoms with Gasteiger partial charge in [-0.1, -0.05) is 19.3 Å². The Kier molecular flexibility index (Phi) is 7.83. The molecule has 1 N–H and O–H groups in total. The highest BCUT2D eigenvalue weighted by Crippen LogP contribution is 2.31. The fourth-order valence-corrected chi connectivity index (χ4v) is 5.26. The minimum Gasteiger partial charge on any atom is -0.481 e. The van der Waals surface area contributed by atoms with Crippen LogP contribution >= 0.6 is 67.8 Å². The van der Waals surface area contributed by atoms with Crippen molar-refractivity contribution in [3.63, 3.8) is 0 Å². The summed E-state index contributed by atoms with van der Waals surface area (Å²) < 4.78 is 8.46. The van der Waals surface area contributed by atoms with E-state index in [1.807, 2.05) is 6.07 Å². The highest BCUT2D eigenvalue weighted by molar-refractivity contribution is 14.1. The molecule has 1 saturated carbocycles. The van der Waals surface area contributed by atoms with E-state index in [2.05, 4.69) is 67.8 Å². The molecule has 0 bridgehead atoms. The molecule has 0 heterocycles. The van der Waals surface area contributed by atoms with E-state index >= 15 is 0 Å². The third-order valence-electron chi connectivity index (χ3n) is 4.02. The van der Waals surface area contributed by atoms with Crippen LogP contribution in [0.15, 0.2) is 12.1 Å². The van der Waals surface area contributed by atoms with Gasteiger partial charge in [0.05, 0.1) is 12.0 Å². The number of carboxylic acids is 1. The Bertz CT molecular complexity index is 597. The Morgan fingerprint density at radius 3 is 2.43 bits per heavy atom. The molecule has 1 fully saturated rings. The van der Waals surface area contributed by atoms with Gasteiger partial charge in [0, 0.05) is 10.7 Å². The molecular weight excluding hydrogens is 637 g/mol. The predicted octanol–water partition coefficient (Wildman–Crippen LogP) is 5.08. The molecule has 7 heteroatoms. The fraction of sp³-hybridized carbons (Fsp3) is 0.500. The van der Waals surface area contributed by atoms with Crippen molar-refractivity contribution in [1.29, 1.82) is 0 Å². The number of carboxylic acid groups (broad SMARTS) is 1. The Morgan fingerprint density at radius 1 is 1.17 bits per heavy atom. The van der Waals surface area contributed by atoms with E-state index < -0.39 is 18.0 Å². The third-order valence-corrected chi connectivity index (χ3v) is 7.69. The lowest BCUT2D eigenvalue weighted by molar-refractivity contribution is -0.140. The number of rotatable bonds is 5. The first-order valence-corrected chi connectivity index (χ1v) is 10.7. The normalized spacial score (nSPS) is 16.8. The number of benzene rings is 1. The molecule has 0 amide bonds. The lowest BCUT2D eigenvalue weighted by Crippen LogP contribution is -2.31. The van der Waals surface area contributed by atoms with Gasteiger partial charge in [-0.3, -0.25) is 4.79 Å². The second-order valence-electron chi connectivity index (χ2n) is 5.69. The first-order valence-electron chi connectivity index (χ1n) is 7.45. The molecule has 0 radical (unpaired) electrons. The van der Waals surface area contributed by atoms with Gasteiger partial charge in [-0.15, -0.1) is 0 Å². The zero-order valence-electron chi connectivity index (χ0n) is 12.4. The van der Waals surface area contributed by atoms with Crippen LogP contribution in [0.4, 0.5) is 0 Å². The van der Waals surface area contributed by atoms with Crippen LogP contribution in [0.5, 0.6) is 0 Å². The fourth-order valence-electron chi connectivity index (χ4n) is 2.89. The number of carbonyl (C=O) groups excluding carboxylic acids is 1. The van der Waals surface area contributed by atoms with Gasteiger partial charge in [-0.25, -0.2) is 4.79 Å². The van der Waals surface area contributed by atoms with Crippen molar-refractivity contribution in [2.45, 2.75) is 44.6 Å². The molecule has 0 saturated heterocycles. The molecule has 0 aromatic heterocycles. The summed E-state index contributed by atoms with van der Waals surface area (Å²) in [6.07, 6.45) is 4.56. The van der Waals surface area contributed by atoms with Crippen LogP contribution in [0, 0.1) is 16.6 Å². The maximum absolute atomic E-state index is 12.6. The van der Waals surface area contributed by atoms with Crippen molar-refractivity contribution >= 4 is 79.7 Å². The first-order chi connectivity index (χ1) is 10.9. The molecule has 1 aliphatic carbocycles. The molecule has 0 aliphatic heterocycles. The molecule has 1 aliphatic rings. The Hall–Kier alpha value is 0.350. The smallest absolute Gasteiger partial charge is 0.339 e. The van der Waals surface area contributed by atoms with E-state index in [0.29, 0.717) is 5.56 Å². The van der Waals surface area contributed by atoms with Crippen LogP contribution < -0.4 is 0 Å². The van der Waals surface area contributed by atoms with E-state index in [1.54, 1.807) is 6.07 Å². The number of halogens is 3. The minimum absolute atomic E-state index is 0.117. The average molecular weight is 654 g/mol. The summed E-state index contributed by atoms with van der Waals surface area (Å²) in [5.74, 6) is -1.17. The first kappa shape index (κ1) is 19.7. The van der Waals surface area contributed by atoms with Gasteiger partial charge >= 0.3 is 11.9 Å². The van der Waals surface area contributed by atoms with Crippen molar-refractivity contribution in [3.8, 4) is 0 Å². The highest BCUT2D eigenvalue weighted by Gasteiger charge is 2.30. The Labute approximate surface area is 176 Å². The standard InChI is InChI=1S/C16H17I3O4/c17-10-6-11(15(19)12(18)7-10)16(22)23-13(8-14(20)21)9-4-2-1-3-5-9/h6-7,9,13H,1-5,8H2,(H,20,21). The second-order valence-corrected chi connectivity index (χ2v) is 9.18. The largest absolute Gasteiger partial charge is 0.481 e. The molecule has 2 rings (SSSR count). The van der Waals surface area contributed by atoms with E-state index in [-0.39, 0.29) is 12.3 Å². The molecule has 126 valence electrons. The molecule has 23 heavy (non-hydrogen) atoms. The maximum atomic E-state index is 12.6. The molecular formula is C16H17I3O4. The maximum Gasteiger partial charge on any atom is 0.339 e. The van der Waals surface area contributed by atoms with Gasteiger partial charge in [0.25, 0.3) is 0 Å². The average Bonchev–Trinajstić information content (AvgIpc) is 2.50. The minimum atomic E-state index is -0.916. The molecule has 1 atom stereocenters. The number of hydrogen-bond acceptors (Lipinski definition) is 3. The zero-order valence-corrected chi connectivity index (χ0v) is 18.8. The van der Waals surface area contributed by atoms with Gasteiger partial charge in [0.15, 0.2) is 0 Å². The van der Waals surface area contributed by atoms with Gasteiger partial charge in [-0.05, 0) is 98.7 Å². The summed E-state index contributed by atoms with van der Waals surface area (Å²) in [4.78, 5) is 23.7. The van der Waals surface area contributed by atoms with Crippen LogP contribution in [-0.2, 0) is 9.53 Å². The quantitative estimate of drug-likeness (QED) is 0.274. The van der Waals surface area contributed by atoms with Crippen LogP contribution in [0.25, 0.3) is 0 Å². The van der Waals surface area contributed by atoms with Crippen LogP contribution in [-0.4, -0.2) is 23.1 Å². The number of hydrogen-bond donors (Lipinski definition) is 1.